The van der Waals surface area contributed by atoms with Gasteiger partial charge in [0.2, 0.25) is 0 Å². The lowest BCUT2D eigenvalue weighted by Gasteiger charge is -2.20. The van der Waals surface area contributed by atoms with Crippen molar-refractivity contribution in [1.82, 2.24) is 4.90 Å². The van der Waals surface area contributed by atoms with Crippen molar-refractivity contribution in [2.75, 3.05) is 14.1 Å². The smallest absolute Gasteiger partial charge is 0.304 e. The SMILES string of the molecule is Cc1ccc(C2(CC(=O)O)CC2)c(O)c1CN(C)C. The molecule has 19 heavy (non-hydrogen) atoms. The van der Waals surface area contributed by atoms with Crippen LogP contribution < -0.4 is 0 Å². The Bertz CT molecular complexity index is 504. The van der Waals surface area contributed by atoms with Gasteiger partial charge in [-0.1, -0.05) is 12.1 Å². The number of hydrogen-bond acceptors (Lipinski definition) is 3. The average Bonchev–Trinajstić information content (AvgIpc) is 3.03. The van der Waals surface area contributed by atoms with Crippen LogP contribution in [0.2, 0.25) is 0 Å². The Morgan fingerprint density at radius 2 is 2.00 bits per heavy atom. The number of aliphatic carboxylic acids is 1. The van der Waals surface area contributed by atoms with Crippen LogP contribution in [0.1, 0.15) is 36.0 Å². The second kappa shape index (κ2) is 4.85. The molecule has 0 radical (unpaired) electrons. The number of phenols is 1. The number of hydrogen-bond donors (Lipinski definition) is 2. The molecule has 4 nitrogen and oxygen atoms in total. The fourth-order valence-corrected chi connectivity index (χ4v) is 2.66. The number of benzene rings is 1. The van der Waals surface area contributed by atoms with E-state index in [-0.39, 0.29) is 17.6 Å². The first-order chi connectivity index (χ1) is 8.85. The number of nitrogens with zero attached hydrogens (tertiary/aromatic N) is 1. The minimum Gasteiger partial charge on any atom is -0.507 e. The maximum atomic E-state index is 11.0. The molecule has 2 N–H and O–H groups in total. The van der Waals surface area contributed by atoms with E-state index in [1.807, 2.05) is 38.1 Å². The molecule has 0 heterocycles. The van der Waals surface area contributed by atoms with Gasteiger partial charge in [-0.05, 0) is 39.4 Å². The van der Waals surface area contributed by atoms with Crippen molar-refractivity contribution in [1.29, 1.82) is 0 Å². The molecule has 4 heteroatoms. The van der Waals surface area contributed by atoms with Crippen LogP contribution in [0.3, 0.4) is 0 Å². The minimum absolute atomic E-state index is 0.102. The minimum atomic E-state index is -0.799. The van der Waals surface area contributed by atoms with Crippen LogP contribution in [0.4, 0.5) is 0 Å². The van der Waals surface area contributed by atoms with E-state index in [0.717, 1.165) is 29.5 Å². The number of aromatic hydroxyl groups is 1. The highest BCUT2D eigenvalue weighted by atomic mass is 16.4. The number of rotatable bonds is 5. The summed E-state index contributed by atoms with van der Waals surface area (Å²) in [6.45, 7) is 2.63. The van der Waals surface area contributed by atoms with E-state index < -0.39 is 5.97 Å². The van der Waals surface area contributed by atoms with Crippen LogP contribution in [0.25, 0.3) is 0 Å². The van der Waals surface area contributed by atoms with Crippen LogP contribution in [-0.4, -0.2) is 35.2 Å². The molecule has 0 spiro atoms. The van der Waals surface area contributed by atoms with E-state index >= 15 is 0 Å². The normalized spacial score (nSPS) is 16.6. The first kappa shape index (κ1) is 13.9. The lowest BCUT2D eigenvalue weighted by Crippen LogP contribution is -2.16. The topological polar surface area (TPSA) is 60.8 Å². The maximum Gasteiger partial charge on any atom is 0.304 e. The Morgan fingerprint density at radius 3 is 2.47 bits per heavy atom. The molecule has 1 aromatic carbocycles. The summed E-state index contributed by atoms with van der Waals surface area (Å²) in [6.07, 6.45) is 1.79. The highest BCUT2D eigenvalue weighted by molar-refractivity contribution is 5.71. The summed E-state index contributed by atoms with van der Waals surface area (Å²) >= 11 is 0. The van der Waals surface area contributed by atoms with Gasteiger partial charge in [0, 0.05) is 23.1 Å². The van der Waals surface area contributed by atoms with Crippen molar-refractivity contribution in [3.05, 3.63) is 28.8 Å². The monoisotopic (exact) mass is 263 g/mol. The van der Waals surface area contributed by atoms with Gasteiger partial charge in [0.25, 0.3) is 0 Å². The Kier molecular flexibility index (Phi) is 3.54. The number of aryl methyl sites for hydroxylation is 1. The van der Waals surface area contributed by atoms with Crippen molar-refractivity contribution in [3.8, 4) is 5.75 Å². The van der Waals surface area contributed by atoms with E-state index in [1.54, 1.807) is 0 Å². The van der Waals surface area contributed by atoms with E-state index in [2.05, 4.69) is 0 Å². The molecule has 0 amide bonds. The lowest BCUT2D eigenvalue weighted by molar-refractivity contribution is -0.137. The molecule has 1 saturated carbocycles. The standard InChI is InChI=1S/C15H21NO3/c1-10-4-5-12(14(19)11(10)9-16(2)3)15(6-7-15)8-13(17)18/h4-5,19H,6-9H2,1-3H3,(H,17,18). The quantitative estimate of drug-likeness (QED) is 0.855. The van der Waals surface area contributed by atoms with E-state index in [0.29, 0.717) is 6.54 Å². The Balaban J connectivity index is 2.40. The summed E-state index contributed by atoms with van der Waals surface area (Å²) in [5.41, 5.74) is 2.41. The zero-order valence-electron chi connectivity index (χ0n) is 11.7. The van der Waals surface area contributed by atoms with Crippen LogP contribution in [-0.2, 0) is 16.8 Å². The fraction of sp³-hybridized carbons (Fsp3) is 0.533. The number of carboxylic acids is 1. The number of phenolic OH excluding ortho intramolecular Hbond substituents is 1. The molecule has 104 valence electrons. The van der Waals surface area contributed by atoms with Crippen LogP contribution in [0, 0.1) is 6.92 Å². The molecule has 2 rings (SSSR count). The predicted molar refractivity (Wildman–Crippen MR) is 73.4 cm³/mol. The van der Waals surface area contributed by atoms with Crippen molar-refractivity contribution in [3.63, 3.8) is 0 Å². The van der Waals surface area contributed by atoms with Gasteiger partial charge >= 0.3 is 5.97 Å². The van der Waals surface area contributed by atoms with Crippen LogP contribution in [0.5, 0.6) is 5.75 Å². The summed E-state index contributed by atoms with van der Waals surface area (Å²) < 4.78 is 0. The number of carbonyl (C=O) groups is 1. The molecular weight excluding hydrogens is 242 g/mol. The van der Waals surface area contributed by atoms with E-state index in [4.69, 9.17) is 5.11 Å². The van der Waals surface area contributed by atoms with Gasteiger partial charge in [0.15, 0.2) is 0 Å². The van der Waals surface area contributed by atoms with Gasteiger partial charge in [0.05, 0.1) is 6.42 Å². The molecule has 0 aromatic heterocycles. The molecule has 0 saturated heterocycles. The first-order valence-corrected chi connectivity index (χ1v) is 6.54. The summed E-state index contributed by atoms with van der Waals surface area (Å²) in [6, 6.07) is 3.87. The van der Waals surface area contributed by atoms with Gasteiger partial charge in [-0.25, -0.2) is 0 Å². The molecule has 0 aliphatic heterocycles. The molecule has 1 fully saturated rings. The zero-order chi connectivity index (χ0) is 14.2. The van der Waals surface area contributed by atoms with Gasteiger partial charge < -0.3 is 15.1 Å². The highest BCUT2D eigenvalue weighted by Gasteiger charge is 2.47. The highest BCUT2D eigenvalue weighted by Crippen LogP contribution is 2.54. The van der Waals surface area contributed by atoms with Crippen LogP contribution in [0.15, 0.2) is 12.1 Å². The second-order valence-electron chi connectivity index (χ2n) is 5.85. The van der Waals surface area contributed by atoms with Gasteiger partial charge in [-0.15, -0.1) is 0 Å². The van der Waals surface area contributed by atoms with Gasteiger partial charge in [-0.2, -0.15) is 0 Å². The molecule has 0 bridgehead atoms. The van der Waals surface area contributed by atoms with Crippen LogP contribution >= 0.6 is 0 Å². The summed E-state index contributed by atoms with van der Waals surface area (Å²) in [4.78, 5) is 13.0. The number of carboxylic acid groups (broad SMARTS) is 1. The molecule has 0 atom stereocenters. The second-order valence-corrected chi connectivity index (χ2v) is 5.85. The fourth-order valence-electron chi connectivity index (χ4n) is 2.66. The third kappa shape index (κ3) is 2.73. The van der Waals surface area contributed by atoms with E-state index in [1.165, 1.54) is 0 Å². The summed E-state index contributed by atoms with van der Waals surface area (Å²) in [5.74, 6) is -0.515. The third-order valence-corrected chi connectivity index (χ3v) is 3.91. The van der Waals surface area contributed by atoms with Crippen molar-refractivity contribution in [2.45, 2.75) is 38.1 Å². The summed E-state index contributed by atoms with van der Waals surface area (Å²) in [7, 11) is 3.91. The Hall–Kier alpha value is -1.55. The Morgan fingerprint density at radius 1 is 1.37 bits per heavy atom. The first-order valence-electron chi connectivity index (χ1n) is 6.54. The Labute approximate surface area is 113 Å². The lowest BCUT2D eigenvalue weighted by atomic mass is 9.88. The van der Waals surface area contributed by atoms with Crippen molar-refractivity contribution >= 4 is 5.97 Å². The van der Waals surface area contributed by atoms with Gasteiger partial charge in [-0.3, -0.25) is 4.79 Å². The van der Waals surface area contributed by atoms with E-state index in [9.17, 15) is 9.90 Å². The van der Waals surface area contributed by atoms with Crippen molar-refractivity contribution in [2.24, 2.45) is 0 Å². The molecular formula is C15H21NO3. The summed E-state index contributed by atoms with van der Waals surface area (Å²) in [5, 5.41) is 19.5. The largest absolute Gasteiger partial charge is 0.507 e. The third-order valence-electron chi connectivity index (χ3n) is 3.91. The predicted octanol–water partition coefficient (Wildman–Crippen LogP) is 2.27. The van der Waals surface area contributed by atoms with Crippen molar-refractivity contribution < 1.29 is 15.0 Å². The van der Waals surface area contributed by atoms with Gasteiger partial charge in [0.1, 0.15) is 5.75 Å². The molecule has 1 aliphatic carbocycles. The maximum absolute atomic E-state index is 11.0. The zero-order valence-corrected chi connectivity index (χ0v) is 11.7. The average molecular weight is 263 g/mol. The molecule has 1 aromatic rings. The molecule has 0 unspecified atom stereocenters. The molecule has 1 aliphatic rings.